The third-order valence-electron chi connectivity index (χ3n) is 4.66. The molecule has 0 atom stereocenters. The number of thiocarbonyl (C=S) groups is 1. The lowest BCUT2D eigenvalue weighted by atomic mass is 10.2. The Labute approximate surface area is 182 Å². The molecule has 2 N–H and O–H groups in total. The lowest BCUT2D eigenvalue weighted by molar-refractivity contribution is 0.257. The average Bonchev–Trinajstić information content (AvgIpc) is 3.11. The Bertz CT molecular complexity index is 837. The molecule has 154 valence electrons. The molecule has 0 bridgehead atoms. The molecule has 1 saturated heterocycles. The first-order chi connectivity index (χ1) is 14.1. The predicted octanol–water partition coefficient (Wildman–Crippen LogP) is 3.47. The van der Waals surface area contributed by atoms with Crippen LogP contribution in [0.25, 0.3) is 0 Å². The van der Waals surface area contributed by atoms with E-state index in [2.05, 4.69) is 27.6 Å². The van der Waals surface area contributed by atoms with Crippen LogP contribution in [0.1, 0.15) is 19.3 Å². The van der Waals surface area contributed by atoms with Crippen LogP contribution in [-0.4, -0.2) is 47.3 Å². The van der Waals surface area contributed by atoms with Crippen LogP contribution in [0.15, 0.2) is 48.8 Å². The van der Waals surface area contributed by atoms with Crippen LogP contribution >= 0.6 is 25.0 Å². The number of urea groups is 1. The summed E-state index contributed by atoms with van der Waals surface area (Å²) in [6.45, 7) is 3.39. The number of carbonyl (C=O) groups is 1. The number of nitrogens with two attached hydrogens (primary N) is 1. The number of thiol groups is 1. The van der Waals surface area contributed by atoms with Gasteiger partial charge in [0.05, 0.1) is 24.2 Å². The van der Waals surface area contributed by atoms with Crippen molar-refractivity contribution in [3.63, 3.8) is 0 Å². The number of amides is 2. The molecule has 1 aliphatic heterocycles. The van der Waals surface area contributed by atoms with E-state index in [1.165, 1.54) is 0 Å². The van der Waals surface area contributed by atoms with Crippen LogP contribution in [0, 0.1) is 0 Å². The molecule has 0 spiro atoms. The number of anilines is 2. The summed E-state index contributed by atoms with van der Waals surface area (Å²) in [6.07, 6.45) is 6.66. The highest BCUT2D eigenvalue weighted by Crippen LogP contribution is 2.23. The van der Waals surface area contributed by atoms with Gasteiger partial charge in [-0.2, -0.15) is 0 Å². The maximum atomic E-state index is 11.2. The molecule has 3 rings (SSSR count). The summed E-state index contributed by atoms with van der Waals surface area (Å²) in [5.41, 5.74) is 6.86. The van der Waals surface area contributed by atoms with Crippen LogP contribution in [0.5, 0.6) is 5.75 Å². The molecule has 1 fully saturated rings. The molecule has 0 radical (unpaired) electrons. The third kappa shape index (κ3) is 5.74. The number of rotatable bonds is 9. The maximum absolute atomic E-state index is 11.2. The Morgan fingerprint density at radius 3 is 2.86 bits per heavy atom. The topological polar surface area (TPSA) is 74.9 Å². The zero-order valence-corrected chi connectivity index (χ0v) is 17.8. The summed E-state index contributed by atoms with van der Waals surface area (Å²) in [6, 6.07) is 10.5. The third-order valence-corrected chi connectivity index (χ3v) is 5.57. The monoisotopic (exact) mass is 431 g/mol. The summed E-state index contributed by atoms with van der Waals surface area (Å²) >= 11 is 9.68. The average molecular weight is 432 g/mol. The van der Waals surface area contributed by atoms with Gasteiger partial charge in [0.15, 0.2) is 5.11 Å². The molecule has 1 aromatic carbocycles. The fraction of sp³-hybridized carbons (Fsp3) is 0.350. The van der Waals surface area contributed by atoms with E-state index in [-0.39, 0.29) is 0 Å². The molecule has 1 aromatic heterocycles. The number of ether oxygens (including phenoxy) is 1. The summed E-state index contributed by atoms with van der Waals surface area (Å²) in [5.74, 6) is 0.690. The fourth-order valence-corrected chi connectivity index (χ4v) is 3.65. The highest BCUT2D eigenvalue weighted by molar-refractivity contribution is 7.82. The number of hydrogen-bond acceptors (Lipinski definition) is 5. The normalized spacial score (nSPS) is 13.6. The van der Waals surface area contributed by atoms with Crippen molar-refractivity contribution in [3.05, 3.63) is 48.8 Å². The van der Waals surface area contributed by atoms with Crippen molar-refractivity contribution in [1.29, 1.82) is 0 Å². The van der Waals surface area contributed by atoms with Crippen LogP contribution in [-0.2, 0) is 0 Å². The van der Waals surface area contributed by atoms with E-state index in [1.54, 1.807) is 24.4 Å². The van der Waals surface area contributed by atoms with Gasteiger partial charge in [-0.15, -0.1) is 0 Å². The number of carbonyl (C=O) groups excluding carboxylic acids is 1. The van der Waals surface area contributed by atoms with E-state index in [0.29, 0.717) is 18.0 Å². The van der Waals surface area contributed by atoms with Gasteiger partial charge in [-0.25, -0.2) is 9.10 Å². The molecule has 29 heavy (non-hydrogen) atoms. The smallest absolute Gasteiger partial charge is 0.329 e. The van der Waals surface area contributed by atoms with Gasteiger partial charge in [0.25, 0.3) is 0 Å². The molecule has 0 unspecified atom stereocenters. The molecule has 0 aliphatic carbocycles. The quantitative estimate of drug-likeness (QED) is 0.360. The van der Waals surface area contributed by atoms with Gasteiger partial charge in [0.1, 0.15) is 5.75 Å². The van der Waals surface area contributed by atoms with Gasteiger partial charge in [-0.1, -0.05) is 18.9 Å². The minimum atomic E-state index is -0.632. The number of nitrogens with zero attached hydrogens (tertiary/aromatic N) is 4. The molecule has 7 nitrogen and oxygen atoms in total. The SMILES string of the molecule is NC(=O)N(S)c1cccc(OCCCCCN2CCN(c3cccnc3)C2=S)c1. The Kier molecular flexibility index (Phi) is 7.54. The molecular weight excluding hydrogens is 406 g/mol. The van der Waals surface area contributed by atoms with E-state index in [4.69, 9.17) is 22.7 Å². The molecule has 0 saturated carbocycles. The number of aromatic nitrogens is 1. The molecule has 9 heteroatoms. The number of primary amides is 1. The van der Waals surface area contributed by atoms with E-state index >= 15 is 0 Å². The summed E-state index contributed by atoms with van der Waals surface area (Å²) in [5, 5.41) is 0.872. The van der Waals surface area contributed by atoms with Gasteiger partial charge >= 0.3 is 6.03 Å². The lowest BCUT2D eigenvalue weighted by Gasteiger charge is -2.21. The van der Waals surface area contributed by atoms with Crippen molar-refractivity contribution in [3.8, 4) is 5.75 Å². The second kappa shape index (κ2) is 10.3. The standard InChI is InChI=1S/C20H25N5O2S2/c21-19(26)25(29)16-6-4-8-18(14-16)27-13-3-1-2-10-23-11-12-24(20(23)28)17-7-5-9-22-15-17/h4-9,14-15,29H,1-3,10-13H2,(H2,21,26). The first-order valence-corrected chi connectivity index (χ1v) is 10.3. The Morgan fingerprint density at radius 2 is 2.10 bits per heavy atom. The predicted molar refractivity (Wildman–Crippen MR) is 123 cm³/mol. The number of pyridine rings is 1. The van der Waals surface area contributed by atoms with Gasteiger partial charge in [-0.3, -0.25) is 4.98 Å². The minimum Gasteiger partial charge on any atom is -0.494 e. The van der Waals surface area contributed by atoms with E-state index in [9.17, 15) is 4.79 Å². The molecule has 1 aliphatic rings. The van der Waals surface area contributed by atoms with Crippen molar-refractivity contribution < 1.29 is 9.53 Å². The van der Waals surface area contributed by atoms with Crippen molar-refractivity contribution >= 4 is 47.6 Å². The molecular formula is C20H25N5O2S2. The second-order valence-electron chi connectivity index (χ2n) is 6.69. The van der Waals surface area contributed by atoms with Crippen LogP contribution in [0.3, 0.4) is 0 Å². The molecule has 2 amide bonds. The second-order valence-corrected chi connectivity index (χ2v) is 7.45. The minimum absolute atomic E-state index is 0.582. The van der Waals surface area contributed by atoms with Crippen molar-refractivity contribution in [2.75, 3.05) is 35.4 Å². The van der Waals surface area contributed by atoms with Crippen molar-refractivity contribution in [2.45, 2.75) is 19.3 Å². The Morgan fingerprint density at radius 1 is 1.24 bits per heavy atom. The van der Waals surface area contributed by atoms with Gasteiger partial charge < -0.3 is 20.3 Å². The van der Waals surface area contributed by atoms with Gasteiger partial charge in [0, 0.05) is 31.9 Å². The zero-order valence-electron chi connectivity index (χ0n) is 16.1. The number of hydrogen-bond donors (Lipinski definition) is 2. The number of unbranched alkanes of at least 4 members (excludes halogenated alkanes) is 2. The summed E-state index contributed by atoms with van der Waals surface area (Å²) < 4.78 is 6.86. The van der Waals surface area contributed by atoms with Gasteiger partial charge in [-0.05, 0) is 55.7 Å². The zero-order chi connectivity index (χ0) is 20.6. The van der Waals surface area contributed by atoms with Gasteiger partial charge in [0.2, 0.25) is 0 Å². The van der Waals surface area contributed by atoms with E-state index in [0.717, 1.165) is 54.0 Å². The van der Waals surface area contributed by atoms with Crippen LogP contribution < -0.4 is 19.7 Å². The van der Waals surface area contributed by atoms with Crippen molar-refractivity contribution in [1.82, 2.24) is 9.88 Å². The largest absolute Gasteiger partial charge is 0.494 e. The highest BCUT2D eigenvalue weighted by Gasteiger charge is 2.25. The highest BCUT2D eigenvalue weighted by atomic mass is 32.1. The van der Waals surface area contributed by atoms with Crippen molar-refractivity contribution in [2.24, 2.45) is 5.73 Å². The maximum Gasteiger partial charge on any atom is 0.329 e. The van der Waals surface area contributed by atoms with E-state index in [1.807, 2.05) is 24.4 Å². The summed E-state index contributed by atoms with van der Waals surface area (Å²) in [7, 11) is 0. The van der Waals surface area contributed by atoms with Crippen LogP contribution in [0.4, 0.5) is 16.2 Å². The lowest BCUT2D eigenvalue weighted by Crippen LogP contribution is -2.32. The first kappa shape index (κ1) is 21.2. The fourth-order valence-electron chi connectivity index (χ4n) is 3.15. The number of benzene rings is 1. The molecule has 2 aromatic rings. The van der Waals surface area contributed by atoms with Crippen LogP contribution in [0.2, 0.25) is 0 Å². The Balaban J connectivity index is 1.35. The first-order valence-electron chi connectivity index (χ1n) is 9.54. The van der Waals surface area contributed by atoms with E-state index < -0.39 is 6.03 Å². The molecule has 2 heterocycles. The Hall–Kier alpha value is -2.52. The summed E-state index contributed by atoms with van der Waals surface area (Å²) in [4.78, 5) is 19.7.